The molecule has 0 aliphatic carbocycles. The molecule has 9 nitrogen and oxygen atoms in total. The molecule has 3 rings (SSSR count). The van der Waals surface area contributed by atoms with Gasteiger partial charge < -0.3 is 9.47 Å². The molecule has 0 N–H and O–H groups in total. The van der Waals surface area contributed by atoms with Crippen molar-refractivity contribution < 1.29 is 17.9 Å². The van der Waals surface area contributed by atoms with Crippen LogP contribution in [0, 0.1) is 0 Å². The normalized spacial score (nSPS) is 11.2. The van der Waals surface area contributed by atoms with E-state index in [0.29, 0.717) is 17.1 Å². The van der Waals surface area contributed by atoms with E-state index >= 15 is 0 Å². The molecule has 1 aromatic carbocycles. The number of nitrogens with zero attached hydrogens (tertiary/aromatic N) is 5. The van der Waals surface area contributed by atoms with E-state index in [-0.39, 0.29) is 12.4 Å². The minimum Gasteiger partial charge on any atom is -0.497 e. The van der Waals surface area contributed by atoms with Crippen molar-refractivity contribution >= 4 is 16.0 Å². The van der Waals surface area contributed by atoms with E-state index in [1.165, 1.54) is 44.4 Å². The lowest BCUT2D eigenvalue weighted by molar-refractivity contribution is 0.391. The highest BCUT2D eigenvalue weighted by molar-refractivity contribution is 7.91. The summed E-state index contributed by atoms with van der Waals surface area (Å²) in [5, 5.41) is 0. The third kappa shape index (κ3) is 3.45. The number of rotatable bonds is 7. The largest absolute Gasteiger partial charge is 0.497 e. The maximum Gasteiger partial charge on any atom is 0.332 e. The Balaban J connectivity index is 2.06. The van der Waals surface area contributed by atoms with Gasteiger partial charge in [-0.3, -0.25) is 0 Å². The average molecular weight is 375 g/mol. The second-order valence-electron chi connectivity index (χ2n) is 5.15. The van der Waals surface area contributed by atoms with Gasteiger partial charge in [-0.1, -0.05) is 0 Å². The number of ether oxygens (including phenoxy) is 2. The van der Waals surface area contributed by atoms with Gasteiger partial charge in [0.15, 0.2) is 0 Å². The second-order valence-corrected chi connectivity index (χ2v) is 6.91. The average Bonchev–Trinajstić information content (AvgIpc) is 3.22. The van der Waals surface area contributed by atoms with Crippen LogP contribution in [0.2, 0.25) is 0 Å². The van der Waals surface area contributed by atoms with E-state index in [0.717, 1.165) is 8.28 Å². The van der Waals surface area contributed by atoms with Crippen LogP contribution in [0.15, 0.2) is 55.5 Å². The number of imidazole rings is 1. The number of hydrogen-bond donors (Lipinski definition) is 0. The first-order valence-corrected chi connectivity index (χ1v) is 8.94. The predicted molar refractivity (Wildman–Crippen MR) is 94.3 cm³/mol. The molecule has 26 heavy (non-hydrogen) atoms. The van der Waals surface area contributed by atoms with Gasteiger partial charge in [0.2, 0.25) is 0 Å². The number of benzene rings is 1. The van der Waals surface area contributed by atoms with Crippen molar-refractivity contribution in [3.63, 3.8) is 0 Å². The second kappa shape index (κ2) is 7.40. The maximum atomic E-state index is 13.0. The lowest BCUT2D eigenvalue weighted by Crippen LogP contribution is -2.35. The summed E-state index contributed by atoms with van der Waals surface area (Å²) in [7, 11) is -0.881. The monoisotopic (exact) mass is 375 g/mol. The number of aromatic nitrogens is 4. The van der Waals surface area contributed by atoms with Crippen molar-refractivity contribution in [3.8, 4) is 11.5 Å². The molecule has 0 atom stereocenters. The first kappa shape index (κ1) is 17.7. The fourth-order valence-electron chi connectivity index (χ4n) is 2.35. The standard InChI is InChI=1S/C16H17N5O4S/c1-24-14-4-3-13(15(9-14)25-2)10-21(16-5-6-17-11-19-16)26(22,23)20-8-7-18-12-20/h3-9,11-12H,10H2,1-2H3. The van der Waals surface area contributed by atoms with Gasteiger partial charge in [-0.15, -0.1) is 0 Å². The van der Waals surface area contributed by atoms with Crippen LogP contribution in [0.3, 0.4) is 0 Å². The summed E-state index contributed by atoms with van der Waals surface area (Å²) < 4.78 is 38.8. The van der Waals surface area contributed by atoms with Crippen molar-refractivity contribution in [2.75, 3.05) is 18.5 Å². The van der Waals surface area contributed by atoms with Gasteiger partial charge in [0.1, 0.15) is 30.0 Å². The first-order chi connectivity index (χ1) is 12.6. The molecule has 0 saturated carbocycles. The van der Waals surface area contributed by atoms with Crippen molar-refractivity contribution in [1.82, 2.24) is 18.9 Å². The topological polar surface area (TPSA) is 99.4 Å². The number of anilines is 1. The molecule has 0 bridgehead atoms. The van der Waals surface area contributed by atoms with Gasteiger partial charge >= 0.3 is 10.2 Å². The van der Waals surface area contributed by atoms with Gasteiger partial charge in [0.05, 0.1) is 20.8 Å². The summed E-state index contributed by atoms with van der Waals surface area (Å²) in [5.41, 5.74) is 0.649. The lowest BCUT2D eigenvalue weighted by Gasteiger charge is -2.24. The Morgan fingerprint density at radius 1 is 1.12 bits per heavy atom. The molecule has 0 aliphatic heterocycles. The number of methoxy groups -OCH3 is 2. The van der Waals surface area contributed by atoms with E-state index < -0.39 is 10.2 Å². The van der Waals surface area contributed by atoms with Gasteiger partial charge in [0.25, 0.3) is 0 Å². The van der Waals surface area contributed by atoms with E-state index in [1.54, 1.807) is 25.3 Å². The minimum atomic E-state index is -3.94. The summed E-state index contributed by atoms with van der Waals surface area (Å²) in [6, 6.07) is 6.69. The highest BCUT2D eigenvalue weighted by atomic mass is 32.2. The molecular formula is C16H17N5O4S. The third-order valence-corrected chi connectivity index (χ3v) is 5.28. The zero-order valence-corrected chi connectivity index (χ0v) is 15.0. The Hall–Kier alpha value is -3.14. The minimum absolute atomic E-state index is 0.00466. The molecule has 0 spiro atoms. The molecular weight excluding hydrogens is 358 g/mol. The molecule has 2 heterocycles. The van der Waals surface area contributed by atoms with Crippen LogP contribution in [0.4, 0.5) is 5.82 Å². The van der Waals surface area contributed by atoms with E-state index in [9.17, 15) is 8.42 Å². The summed E-state index contributed by atoms with van der Waals surface area (Å²) >= 11 is 0. The van der Waals surface area contributed by atoms with Gasteiger partial charge in [-0.25, -0.2) is 23.2 Å². The van der Waals surface area contributed by atoms with Gasteiger partial charge in [-0.2, -0.15) is 8.42 Å². The highest BCUT2D eigenvalue weighted by Crippen LogP contribution is 2.28. The molecule has 0 amide bonds. The highest BCUT2D eigenvalue weighted by Gasteiger charge is 2.26. The smallest absolute Gasteiger partial charge is 0.332 e. The van der Waals surface area contributed by atoms with Crippen LogP contribution in [-0.4, -0.2) is 41.6 Å². The van der Waals surface area contributed by atoms with E-state index in [1.807, 2.05) is 0 Å². The fraction of sp³-hybridized carbons (Fsp3) is 0.188. The Bertz CT molecular complexity index is 962. The van der Waals surface area contributed by atoms with E-state index in [2.05, 4.69) is 15.0 Å². The van der Waals surface area contributed by atoms with Crippen LogP contribution >= 0.6 is 0 Å². The van der Waals surface area contributed by atoms with Crippen molar-refractivity contribution in [2.24, 2.45) is 0 Å². The molecule has 2 aromatic heterocycles. The zero-order chi connectivity index (χ0) is 18.6. The Labute approximate surface area is 151 Å². The number of hydrogen-bond acceptors (Lipinski definition) is 7. The summed E-state index contributed by atoms with van der Waals surface area (Å²) in [6.45, 7) is 0.00466. The third-order valence-electron chi connectivity index (χ3n) is 3.66. The molecule has 0 radical (unpaired) electrons. The van der Waals surface area contributed by atoms with Crippen molar-refractivity contribution in [3.05, 3.63) is 61.1 Å². The summed E-state index contributed by atoms with van der Waals surface area (Å²) in [5.74, 6) is 1.34. The molecule has 0 fully saturated rings. The quantitative estimate of drug-likeness (QED) is 0.617. The van der Waals surface area contributed by atoms with Gasteiger partial charge in [0, 0.05) is 36.3 Å². The summed E-state index contributed by atoms with van der Waals surface area (Å²) in [6.07, 6.45) is 6.73. The van der Waals surface area contributed by atoms with E-state index in [4.69, 9.17) is 9.47 Å². The Kier molecular flexibility index (Phi) is 5.03. The molecule has 3 aromatic rings. The molecule has 0 saturated heterocycles. The predicted octanol–water partition coefficient (Wildman–Crippen LogP) is 1.49. The van der Waals surface area contributed by atoms with Crippen LogP contribution in [0.5, 0.6) is 11.5 Å². The summed E-state index contributed by atoms with van der Waals surface area (Å²) in [4.78, 5) is 11.7. The Morgan fingerprint density at radius 3 is 2.58 bits per heavy atom. The zero-order valence-electron chi connectivity index (χ0n) is 14.2. The van der Waals surface area contributed by atoms with Crippen molar-refractivity contribution in [2.45, 2.75) is 6.54 Å². The van der Waals surface area contributed by atoms with Crippen molar-refractivity contribution in [1.29, 1.82) is 0 Å². The molecule has 0 unspecified atom stereocenters. The lowest BCUT2D eigenvalue weighted by atomic mass is 10.2. The van der Waals surface area contributed by atoms with Crippen LogP contribution < -0.4 is 13.8 Å². The SMILES string of the molecule is COc1ccc(CN(c2ccncn2)S(=O)(=O)n2ccnc2)c(OC)c1. The Morgan fingerprint density at radius 2 is 1.96 bits per heavy atom. The maximum absolute atomic E-state index is 13.0. The molecule has 136 valence electrons. The van der Waals surface area contributed by atoms with Crippen LogP contribution in [-0.2, 0) is 16.8 Å². The first-order valence-electron chi connectivity index (χ1n) is 7.54. The van der Waals surface area contributed by atoms with Crippen LogP contribution in [0.25, 0.3) is 0 Å². The van der Waals surface area contributed by atoms with Crippen LogP contribution in [0.1, 0.15) is 5.56 Å². The fourth-order valence-corrected chi connectivity index (χ4v) is 3.60. The van der Waals surface area contributed by atoms with Gasteiger partial charge in [-0.05, 0) is 12.1 Å². The molecule has 0 aliphatic rings. The molecule has 10 heteroatoms.